The number of ether oxygens (including phenoxy) is 4. The van der Waals surface area contributed by atoms with Crippen molar-refractivity contribution in [2.24, 2.45) is 0 Å². The molecule has 0 spiro atoms. The summed E-state index contributed by atoms with van der Waals surface area (Å²) in [4.78, 5) is 13.8. The summed E-state index contributed by atoms with van der Waals surface area (Å²) in [6.45, 7) is 4.13. The Labute approximate surface area is 185 Å². The molecule has 0 saturated carbocycles. The molecule has 4 rings (SSSR count). The van der Waals surface area contributed by atoms with Gasteiger partial charge in [0.25, 0.3) is 0 Å². The molecule has 1 fully saturated rings. The zero-order valence-corrected chi connectivity index (χ0v) is 17.9. The molecule has 2 heterocycles. The number of carbonyl (C=O) groups excluding carboxylic acids is 1. The lowest BCUT2D eigenvalue weighted by atomic mass is 10.1. The topological polar surface area (TPSA) is 69.3 Å². The SMILES string of the molecule is CC(=O)c1cc(F)ccc1OCC1CN(C(=S)NCc2ccc3c(c2)OCO3)CCO1. The highest BCUT2D eigenvalue weighted by atomic mass is 32.1. The maximum atomic E-state index is 13.4. The van der Waals surface area contributed by atoms with Gasteiger partial charge < -0.3 is 29.2 Å². The maximum absolute atomic E-state index is 13.4. The highest BCUT2D eigenvalue weighted by Crippen LogP contribution is 2.32. The minimum absolute atomic E-state index is 0.216. The van der Waals surface area contributed by atoms with Gasteiger partial charge in [-0.15, -0.1) is 0 Å². The molecule has 9 heteroatoms. The van der Waals surface area contributed by atoms with E-state index in [9.17, 15) is 9.18 Å². The fraction of sp³-hybridized carbons (Fsp3) is 0.364. The molecular weight excluding hydrogens is 423 g/mol. The first kappa shape index (κ1) is 21.3. The summed E-state index contributed by atoms with van der Waals surface area (Å²) >= 11 is 5.55. The Balaban J connectivity index is 1.29. The summed E-state index contributed by atoms with van der Waals surface area (Å²) in [6, 6.07) is 9.70. The second kappa shape index (κ2) is 9.49. The van der Waals surface area contributed by atoms with E-state index in [1.165, 1.54) is 25.1 Å². The van der Waals surface area contributed by atoms with Crippen LogP contribution in [-0.4, -0.2) is 55.0 Å². The molecule has 0 radical (unpaired) electrons. The molecule has 2 aliphatic heterocycles. The normalized spacial score (nSPS) is 17.4. The van der Waals surface area contributed by atoms with Crippen LogP contribution in [0.2, 0.25) is 0 Å². The molecular formula is C22H23FN2O5S. The second-order valence-corrected chi connectivity index (χ2v) is 7.68. The van der Waals surface area contributed by atoms with E-state index in [4.69, 9.17) is 31.2 Å². The fourth-order valence-corrected chi connectivity index (χ4v) is 3.67. The number of nitrogens with one attached hydrogen (secondary N) is 1. The average molecular weight is 447 g/mol. The summed E-state index contributed by atoms with van der Waals surface area (Å²) in [6.07, 6.45) is -0.232. The van der Waals surface area contributed by atoms with Crippen molar-refractivity contribution in [1.29, 1.82) is 0 Å². The van der Waals surface area contributed by atoms with Crippen molar-refractivity contribution in [3.63, 3.8) is 0 Å². The van der Waals surface area contributed by atoms with Crippen molar-refractivity contribution in [3.8, 4) is 17.2 Å². The first-order valence-electron chi connectivity index (χ1n) is 9.96. The van der Waals surface area contributed by atoms with Gasteiger partial charge in [-0.05, 0) is 55.0 Å². The molecule has 0 aromatic heterocycles. The van der Waals surface area contributed by atoms with E-state index >= 15 is 0 Å². The molecule has 1 unspecified atom stereocenters. The van der Waals surface area contributed by atoms with E-state index in [0.717, 1.165) is 17.1 Å². The summed E-state index contributed by atoms with van der Waals surface area (Å²) in [5.74, 6) is 1.10. The number of rotatable bonds is 6. The number of hydrogen-bond acceptors (Lipinski definition) is 6. The average Bonchev–Trinajstić information content (AvgIpc) is 3.24. The Hall–Kier alpha value is -2.91. The number of halogens is 1. The fourth-order valence-electron chi connectivity index (χ4n) is 3.43. The molecule has 2 aromatic carbocycles. The Kier molecular flexibility index (Phi) is 6.53. The van der Waals surface area contributed by atoms with Crippen LogP contribution in [0.15, 0.2) is 36.4 Å². The number of hydrogen-bond donors (Lipinski definition) is 1. The van der Waals surface area contributed by atoms with Crippen LogP contribution < -0.4 is 19.5 Å². The molecule has 164 valence electrons. The van der Waals surface area contributed by atoms with Crippen molar-refractivity contribution >= 4 is 23.1 Å². The van der Waals surface area contributed by atoms with Crippen LogP contribution in [0, 0.1) is 5.82 Å². The van der Waals surface area contributed by atoms with Crippen molar-refractivity contribution in [3.05, 3.63) is 53.3 Å². The molecule has 1 atom stereocenters. The Morgan fingerprint density at radius 1 is 1.26 bits per heavy atom. The summed E-state index contributed by atoms with van der Waals surface area (Å²) < 4.78 is 35.7. The summed E-state index contributed by atoms with van der Waals surface area (Å²) in [5, 5.41) is 3.89. The molecule has 1 saturated heterocycles. The molecule has 0 aliphatic carbocycles. The van der Waals surface area contributed by atoms with Crippen LogP contribution in [0.25, 0.3) is 0 Å². The number of thiocarbonyl (C=S) groups is 1. The summed E-state index contributed by atoms with van der Waals surface area (Å²) in [5.41, 5.74) is 1.25. The van der Waals surface area contributed by atoms with Crippen LogP contribution in [0.1, 0.15) is 22.8 Å². The lowest BCUT2D eigenvalue weighted by molar-refractivity contribution is -0.0289. The largest absolute Gasteiger partial charge is 0.490 e. The Bertz CT molecular complexity index is 986. The minimum Gasteiger partial charge on any atom is -0.490 e. The zero-order valence-electron chi connectivity index (χ0n) is 17.1. The van der Waals surface area contributed by atoms with E-state index in [1.807, 2.05) is 23.1 Å². The van der Waals surface area contributed by atoms with Gasteiger partial charge in [0.2, 0.25) is 6.79 Å². The van der Waals surface area contributed by atoms with Gasteiger partial charge >= 0.3 is 0 Å². The number of Topliss-reactive ketones (excluding diaryl/α,β-unsaturated/α-hetero) is 1. The first-order chi connectivity index (χ1) is 15.0. The van der Waals surface area contributed by atoms with Crippen LogP contribution in [-0.2, 0) is 11.3 Å². The highest BCUT2D eigenvalue weighted by Gasteiger charge is 2.24. The van der Waals surface area contributed by atoms with Crippen LogP contribution in [0.5, 0.6) is 17.2 Å². The second-order valence-electron chi connectivity index (χ2n) is 7.29. The predicted molar refractivity (Wildman–Crippen MR) is 115 cm³/mol. The quantitative estimate of drug-likeness (QED) is 0.537. The van der Waals surface area contributed by atoms with Gasteiger partial charge in [-0.1, -0.05) is 6.07 Å². The third-order valence-corrected chi connectivity index (χ3v) is 5.45. The van der Waals surface area contributed by atoms with Gasteiger partial charge in [-0.25, -0.2) is 4.39 Å². The standard InChI is InChI=1S/C22H23FN2O5S/c1-14(26)18-9-16(23)3-5-19(18)28-12-17-11-25(6-7-27-17)22(31)24-10-15-2-4-20-21(8-15)30-13-29-20/h2-5,8-9,17H,6-7,10-13H2,1H3,(H,24,31). The molecule has 0 bridgehead atoms. The maximum Gasteiger partial charge on any atom is 0.231 e. The molecule has 0 amide bonds. The number of benzene rings is 2. The van der Waals surface area contributed by atoms with Crippen LogP contribution in [0.3, 0.4) is 0 Å². The van der Waals surface area contributed by atoms with Crippen molar-refractivity contribution in [2.45, 2.75) is 19.6 Å². The molecule has 7 nitrogen and oxygen atoms in total. The lowest BCUT2D eigenvalue weighted by Crippen LogP contribution is -2.50. The number of nitrogens with zero attached hydrogens (tertiary/aromatic N) is 1. The van der Waals surface area contributed by atoms with E-state index < -0.39 is 5.82 Å². The van der Waals surface area contributed by atoms with E-state index in [-0.39, 0.29) is 30.9 Å². The lowest BCUT2D eigenvalue weighted by Gasteiger charge is -2.34. The van der Waals surface area contributed by atoms with Crippen molar-refractivity contribution < 1.29 is 28.1 Å². The van der Waals surface area contributed by atoms with Gasteiger partial charge in [0, 0.05) is 19.6 Å². The molecule has 2 aliphatic rings. The first-order valence-corrected chi connectivity index (χ1v) is 10.4. The van der Waals surface area contributed by atoms with Gasteiger partial charge in [-0.3, -0.25) is 4.79 Å². The smallest absolute Gasteiger partial charge is 0.231 e. The number of fused-ring (bicyclic) bond motifs is 1. The van der Waals surface area contributed by atoms with Gasteiger partial charge in [-0.2, -0.15) is 0 Å². The highest BCUT2D eigenvalue weighted by molar-refractivity contribution is 7.80. The summed E-state index contributed by atoms with van der Waals surface area (Å²) in [7, 11) is 0. The number of ketones is 1. The van der Waals surface area contributed by atoms with Crippen molar-refractivity contribution in [2.75, 3.05) is 33.1 Å². The Morgan fingerprint density at radius 3 is 2.94 bits per heavy atom. The third-order valence-electron chi connectivity index (χ3n) is 5.05. The molecule has 31 heavy (non-hydrogen) atoms. The zero-order chi connectivity index (χ0) is 21.8. The predicted octanol–water partition coefficient (Wildman–Crippen LogP) is 2.91. The molecule has 2 aromatic rings. The number of morpholine rings is 1. The molecule has 1 N–H and O–H groups in total. The third kappa shape index (κ3) is 5.23. The Morgan fingerprint density at radius 2 is 2.10 bits per heavy atom. The van der Waals surface area contributed by atoms with Gasteiger partial charge in [0.15, 0.2) is 22.4 Å². The van der Waals surface area contributed by atoms with Crippen molar-refractivity contribution in [1.82, 2.24) is 10.2 Å². The van der Waals surface area contributed by atoms with Gasteiger partial charge in [0.05, 0.1) is 12.2 Å². The minimum atomic E-state index is -0.475. The van der Waals surface area contributed by atoms with Crippen LogP contribution in [0.4, 0.5) is 4.39 Å². The van der Waals surface area contributed by atoms with E-state index in [1.54, 1.807) is 0 Å². The monoisotopic (exact) mass is 446 g/mol. The van der Waals surface area contributed by atoms with E-state index in [2.05, 4.69) is 5.32 Å². The number of carbonyl (C=O) groups is 1. The van der Waals surface area contributed by atoms with Gasteiger partial charge in [0.1, 0.15) is 24.3 Å². The van der Waals surface area contributed by atoms with E-state index in [0.29, 0.717) is 37.1 Å². The van der Waals surface area contributed by atoms with Crippen LogP contribution >= 0.6 is 12.2 Å².